The molecule has 8 heteroatoms. The summed E-state index contributed by atoms with van der Waals surface area (Å²) >= 11 is 0. The second-order valence-corrected chi connectivity index (χ2v) is 6.49. The van der Waals surface area contributed by atoms with Crippen LogP contribution in [0.25, 0.3) is 16.7 Å². The van der Waals surface area contributed by atoms with Crippen LogP contribution in [0, 0.1) is 5.82 Å². The number of carbonyl (C=O) groups excluding carboxylic acids is 2. The first-order valence-electron chi connectivity index (χ1n) is 8.91. The van der Waals surface area contributed by atoms with Gasteiger partial charge in [-0.3, -0.25) is 14.4 Å². The van der Waals surface area contributed by atoms with Crippen LogP contribution < -0.4 is 16.5 Å². The summed E-state index contributed by atoms with van der Waals surface area (Å²) in [5, 5.41) is 2.88. The molecule has 7 nitrogen and oxygen atoms in total. The Morgan fingerprint density at radius 1 is 1.00 bits per heavy atom. The number of amides is 2. The van der Waals surface area contributed by atoms with Crippen molar-refractivity contribution in [3.8, 4) is 5.69 Å². The van der Waals surface area contributed by atoms with E-state index in [0.717, 1.165) is 0 Å². The molecule has 0 fully saturated rings. The lowest BCUT2D eigenvalue weighted by molar-refractivity contribution is 0.0998. The van der Waals surface area contributed by atoms with E-state index < -0.39 is 23.1 Å². The van der Waals surface area contributed by atoms with Crippen LogP contribution in [0.3, 0.4) is 0 Å². The minimum Gasteiger partial charge on any atom is -0.366 e. The lowest BCUT2D eigenvalue weighted by atomic mass is 10.1. The molecule has 0 aliphatic heterocycles. The summed E-state index contributed by atoms with van der Waals surface area (Å²) in [7, 11) is 0. The first-order chi connectivity index (χ1) is 14.4. The Morgan fingerprint density at radius 3 is 2.37 bits per heavy atom. The summed E-state index contributed by atoms with van der Waals surface area (Å²) in [6, 6.07) is 14.8. The number of carbonyl (C=O) groups is 2. The summed E-state index contributed by atoms with van der Waals surface area (Å²) in [6.45, 7) is 0. The van der Waals surface area contributed by atoms with E-state index in [4.69, 9.17) is 5.73 Å². The average molecular weight is 402 g/mol. The van der Waals surface area contributed by atoms with Crippen molar-refractivity contribution in [1.29, 1.82) is 0 Å². The Balaban J connectivity index is 1.79. The number of nitrogens with zero attached hydrogens (tertiary/aromatic N) is 2. The topological polar surface area (TPSA) is 107 Å². The molecule has 2 heterocycles. The van der Waals surface area contributed by atoms with Gasteiger partial charge in [0.1, 0.15) is 17.0 Å². The average Bonchev–Trinajstić information content (AvgIpc) is 2.75. The largest absolute Gasteiger partial charge is 0.366 e. The molecule has 0 bridgehead atoms. The Hall–Kier alpha value is -4.33. The zero-order valence-electron chi connectivity index (χ0n) is 15.5. The highest BCUT2D eigenvalue weighted by Gasteiger charge is 2.17. The molecular formula is C22H15FN4O3. The van der Waals surface area contributed by atoms with E-state index in [-0.39, 0.29) is 10.9 Å². The van der Waals surface area contributed by atoms with Crippen molar-refractivity contribution >= 4 is 28.5 Å². The van der Waals surface area contributed by atoms with Gasteiger partial charge in [0.2, 0.25) is 11.3 Å². The molecule has 30 heavy (non-hydrogen) atoms. The maximum atomic E-state index is 13.3. The first kappa shape index (κ1) is 19.0. The number of anilines is 1. The quantitative estimate of drug-likeness (QED) is 0.547. The predicted octanol–water partition coefficient (Wildman–Crippen LogP) is 2.88. The van der Waals surface area contributed by atoms with E-state index in [1.165, 1.54) is 60.9 Å². The molecule has 0 aliphatic carbocycles. The van der Waals surface area contributed by atoms with E-state index in [1.54, 1.807) is 16.7 Å². The first-order valence-corrected chi connectivity index (χ1v) is 8.91. The van der Waals surface area contributed by atoms with E-state index >= 15 is 0 Å². The number of nitrogens with two attached hydrogens (primary N) is 1. The van der Waals surface area contributed by atoms with Gasteiger partial charge in [0, 0.05) is 29.3 Å². The zero-order chi connectivity index (χ0) is 21.3. The second-order valence-electron chi connectivity index (χ2n) is 6.49. The predicted molar refractivity (Wildman–Crippen MR) is 110 cm³/mol. The highest BCUT2D eigenvalue weighted by molar-refractivity contribution is 6.06. The summed E-state index contributed by atoms with van der Waals surface area (Å²) in [5.74, 6) is -1.63. The number of rotatable bonds is 4. The lowest BCUT2D eigenvalue weighted by Crippen LogP contribution is -2.24. The van der Waals surface area contributed by atoms with Gasteiger partial charge in [-0.1, -0.05) is 0 Å². The number of halogens is 1. The van der Waals surface area contributed by atoms with Gasteiger partial charge >= 0.3 is 0 Å². The van der Waals surface area contributed by atoms with Gasteiger partial charge < -0.3 is 15.6 Å². The summed E-state index contributed by atoms with van der Waals surface area (Å²) < 4.78 is 14.9. The number of nitrogens with one attached hydrogen (secondary N) is 1. The summed E-state index contributed by atoms with van der Waals surface area (Å²) in [5.41, 5.74) is 6.19. The number of pyridine rings is 2. The Kier molecular flexibility index (Phi) is 4.81. The van der Waals surface area contributed by atoms with Crippen molar-refractivity contribution in [3.63, 3.8) is 0 Å². The van der Waals surface area contributed by atoms with Gasteiger partial charge in [-0.25, -0.2) is 9.37 Å². The minimum atomic E-state index is -0.631. The van der Waals surface area contributed by atoms with Gasteiger partial charge in [-0.2, -0.15) is 0 Å². The third-order valence-electron chi connectivity index (χ3n) is 4.54. The van der Waals surface area contributed by atoms with Crippen molar-refractivity contribution in [2.45, 2.75) is 0 Å². The number of hydrogen-bond donors (Lipinski definition) is 2. The standard InChI is InChI=1S/C22H15FN4O3/c23-14-5-9-16(10-6-14)27-12-18(19(28)17-2-1-11-25-21(17)27)22(30)26-15-7-3-13(4-8-15)20(24)29/h1-12H,(H2,24,29)(H,26,30). The number of hydrogen-bond acceptors (Lipinski definition) is 4. The van der Waals surface area contributed by atoms with Crippen LogP contribution in [-0.4, -0.2) is 21.4 Å². The van der Waals surface area contributed by atoms with E-state index in [9.17, 15) is 18.8 Å². The van der Waals surface area contributed by atoms with Crippen molar-refractivity contribution < 1.29 is 14.0 Å². The highest BCUT2D eigenvalue weighted by atomic mass is 19.1. The Labute approximate surface area is 169 Å². The molecule has 0 unspecified atom stereocenters. The number of primary amides is 1. The van der Waals surface area contributed by atoms with Gasteiger partial charge in [-0.05, 0) is 60.7 Å². The molecule has 0 saturated heterocycles. The number of benzene rings is 2. The van der Waals surface area contributed by atoms with Gasteiger partial charge in [0.15, 0.2) is 0 Å². The fourth-order valence-corrected chi connectivity index (χ4v) is 3.04. The molecule has 0 radical (unpaired) electrons. The Bertz CT molecular complexity index is 1330. The maximum absolute atomic E-state index is 13.3. The van der Waals surface area contributed by atoms with Gasteiger partial charge in [0.05, 0.1) is 5.39 Å². The summed E-state index contributed by atoms with van der Waals surface area (Å²) in [4.78, 5) is 41.2. The molecular weight excluding hydrogens is 387 g/mol. The normalized spacial score (nSPS) is 10.7. The van der Waals surface area contributed by atoms with Crippen LogP contribution >= 0.6 is 0 Å². The fourth-order valence-electron chi connectivity index (χ4n) is 3.04. The van der Waals surface area contributed by atoms with Crippen molar-refractivity contribution in [3.05, 3.63) is 100 Å². The van der Waals surface area contributed by atoms with E-state index in [0.29, 0.717) is 22.6 Å². The zero-order valence-corrected chi connectivity index (χ0v) is 15.5. The molecule has 3 N–H and O–H groups in total. The second kappa shape index (κ2) is 7.59. The van der Waals surface area contributed by atoms with Crippen molar-refractivity contribution in [2.75, 3.05) is 5.32 Å². The molecule has 2 aromatic carbocycles. The molecule has 0 saturated carbocycles. The van der Waals surface area contributed by atoms with E-state index in [1.807, 2.05) is 0 Å². The molecule has 0 spiro atoms. The molecule has 4 rings (SSSR count). The van der Waals surface area contributed by atoms with E-state index in [2.05, 4.69) is 10.3 Å². The number of fused-ring (bicyclic) bond motifs is 1. The van der Waals surface area contributed by atoms with Crippen molar-refractivity contribution in [2.24, 2.45) is 5.73 Å². The molecule has 2 amide bonds. The highest BCUT2D eigenvalue weighted by Crippen LogP contribution is 2.17. The monoisotopic (exact) mass is 402 g/mol. The third-order valence-corrected chi connectivity index (χ3v) is 4.54. The van der Waals surface area contributed by atoms with Crippen LogP contribution in [0.5, 0.6) is 0 Å². The van der Waals surface area contributed by atoms with Crippen molar-refractivity contribution in [1.82, 2.24) is 9.55 Å². The molecule has 0 aliphatic rings. The third kappa shape index (κ3) is 3.53. The van der Waals surface area contributed by atoms with Crippen LogP contribution in [0.1, 0.15) is 20.7 Å². The summed E-state index contributed by atoms with van der Waals surface area (Å²) in [6.07, 6.45) is 2.90. The van der Waals surface area contributed by atoms with Gasteiger partial charge in [0.25, 0.3) is 5.91 Å². The minimum absolute atomic E-state index is 0.112. The maximum Gasteiger partial charge on any atom is 0.261 e. The van der Waals surface area contributed by atoms with Crippen LogP contribution in [0.4, 0.5) is 10.1 Å². The van der Waals surface area contributed by atoms with Gasteiger partial charge in [-0.15, -0.1) is 0 Å². The molecule has 2 aromatic heterocycles. The number of aromatic nitrogens is 2. The van der Waals surface area contributed by atoms with Crippen LogP contribution in [0.15, 0.2) is 77.9 Å². The molecule has 0 atom stereocenters. The van der Waals surface area contributed by atoms with Crippen LogP contribution in [0.2, 0.25) is 0 Å². The Morgan fingerprint density at radius 2 is 1.70 bits per heavy atom. The smallest absolute Gasteiger partial charge is 0.261 e. The molecule has 148 valence electrons. The lowest BCUT2D eigenvalue weighted by Gasteiger charge is -2.13. The van der Waals surface area contributed by atoms with Crippen LogP contribution in [-0.2, 0) is 0 Å². The fraction of sp³-hybridized carbons (Fsp3) is 0. The molecule has 4 aromatic rings. The SMILES string of the molecule is NC(=O)c1ccc(NC(=O)c2cn(-c3ccc(F)cc3)c3ncccc3c2=O)cc1.